The second kappa shape index (κ2) is 7.13. The van der Waals surface area contributed by atoms with Gasteiger partial charge in [0.25, 0.3) is 0 Å². The van der Waals surface area contributed by atoms with Crippen LogP contribution in [0.5, 0.6) is 5.75 Å². The quantitative estimate of drug-likeness (QED) is 0.661. The van der Waals surface area contributed by atoms with Gasteiger partial charge < -0.3 is 20.7 Å². The molecule has 0 spiro atoms. The first-order chi connectivity index (χ1) is 10.1. The van der Waals surface area contributed by atoms with E-state index in [2.05, 4.69) is 5.32 Å². The number of aliphatic carboxylic acids is 1. The van der Waals surface area contributed by atoms with Gasteiger partial charge in [0.15, 0.2) is 0 Å². The van der Waals surface area contributed by atoms with Crippen molar-refractivity contribution in [3.8, 4) is 5.75 Å². The van der Waals surface area contributed by atoms with E-state index in [0.29, 0.717) is 11.3 Å². The van der Waals surface area contributed by atoms with Gasteiger partial charge in [0.1, 0.15) is 11.4 Å². The highest BCUT2D eigenvalue weighted by Crippen LogP contribution is 2.30. The van der Waals surface area contributed by atoms with Crippen LogP contribution < -0.4 is 11.1 Å². The third kappa shape index (κ3) is 5.61. The molecule has 7 nitrogen and oxygen atoms in total. The molecular formula is C15H22N2O5. The van der Waals surface area contributed by atoms with E-state index in [1.54, 1.807) is 32.9 Å². The van der Waals surface area contributed by atoms with E-state index in [-0.39, 0.29) is 18.7 Å². The van der Waals surface area contributed by atoms with Crippen molar-refractivity contribution in [1.82, 2.24) is 0 Å². The number of aromatic hydroxyl groups is 1. The molecule has 5 N–H and O–H groups in total. The van der Waals surface area contributed by atoms with Gasteiger partial charge in [-0.05, 0) is 38.9 Å². The predicted octanol–water partition coefficient (Wildman–Crippen LogP) is 2.26. The minimum absolute atomic E-state index is 0.0959. The first kappa shape index (κ1) is 17.8. The summed E-state index contributed by atoms with van der Waals surface area (Å²) >= 11 is 0. The lowest BCUT2D eigenvalue weighted by Gasteiger charge is -2.20. The fraction of sp³-hybridized carbons (Fsp3) is 0.467. The van der Waals surface area contributed by atoms with Crippen molar-refractivity contribution in [2.75, 3.05) is 11.9 Å². The summed E-state index contributed by atoms with van der Waals surface area (Å²) in [7, 11) is 0. The lowest BCUT2D eigenvalue weighted by atomic mass is 9.94. The maximum atomic E-state index is 11.6. The van der Waals surface area contributed by atoms with Gasteiger partial charge >= 0.3 is 12.1 Å². The van der Waals surface area contributed by atoms with E-state index in [9.17, 15) is 14.7 Å². The van der Waals surface area contributed by atoms with Crippen molar-refractivity contribution in [1.29, 1.82) is 0 Å². The number of benzene rings is 1. The maximum absolute atomic E-state index is 11.6. The molecule has 1 aromatic carbocycles. The Morgan fingerprint density at radius 1 is 1.36 bits per heavy atom. The van der Waals surface area contributed by atoms with Gasteiger partial charge in [0.05, 0.1) is 6.42 Å². The molecule has 0 saturated carbocycles. The van der Waals surface area contributed by atoms with Crippen molar-refractivity contribution < 1.29 is 24.5 Å². The van der Waals surface area contributed by atoms with E-state index in [1.165, 1.54) is 6.07 Å². The summed E-state index contributed by atoms with van der Waals surface area (Å²) in [6.07, 6.45) is -0.816. The third-order valence-electron chi connectivity index (χ3n) is 2.82. The molecule has 1 amide bonds. The number of rotatable bonds is 5. The third-order valence-corrected chi connectivity index (χ3v) is 2.82. The largest absolute Gasteiger partial charge is 0.508 e. The lowest BCUT2D eigenvalue weighted by Crippen LogP contribution is -2.27. The molecule has 0 heterocycles. The number of nitrogens with two attached hydrogens (primary N) is 1. The Bertz CT molecular complexity index is 551. The smallest absolute Gasteiger partial charge is 0.412 e. The summed E-state index contributed by atoms with van der Waals surface area (Å²) in [6, 6.07) is 4.44. The fourth-order valence-electron chi connectivity index (χ4n) is 1.92. The number of phenolic OH excluding ortho intramolecular Hbond substituents is 1. The number of carboxylic acid groups (broad SMARTS) is 1. The van der Waals surface area contributed by atoms with E-state index in [1.807, 2.05) is 0 Å². The molecule has 0 aliphatic rings. The molecule has 7 heteroatoms. The molecule has 0 aromatic heterocycles. The Labute approximate surface area is 129 Å². The van der Waals surface area contributed by atoms with Crippen LogP contribution >= 0.6 is 0 Å². The van der Waals surface area contributed by atoms with E-state index in [4.69, 9.17) is 15.6 Å². The van der Waals surface area contributed by atoms with Crippen molar-refractivity contribution in [2.45, 2.75) is 38.7 Å². The Morgan fingerprint density at radius 3 is 2.45 bits per heavy atom. The van der Waals surface area contributed by atoms with Gasteiger partial charge in [-0.1, -0.05) is 6.07 Å². The highest BCUT2D eigenvalue weighted by molar-refractivity contribution is 5.85. The number of carbonyl (C=O) groups excluding carboxylic acids is 1. The molecule has 1 aromatic rings. The zero-order valence-corrected chi connectivity index (χ0v) is 12.9. The lowest BCUT2D eigenvalue weighted by molar-refractivity contribution is -0.137. The average Bonchev–Trinajstić information content (AvgIpc) is 2.33. The maximum Gasteiger partial charge on any atom is 0.412 e. The molecule has 0 radical (unpaired) electrons. The van der Waals surface area contributed by atoms with Gasteiger partial charge in [-0.2, -0.15) is 0 Å². The second-order valence-corrected chi connectivity index (χ2v) is 5.93. The fourth-order valence-corrected chi connectivity index (χ4v) is 1.92. The van der Waals surface area contributed by atoms with E-state index < -0.39 is 23.6 Å². The molecule has 1 unspecified atom stereocenters. The van der Waals surface area contributed by atoms with Gasteiger partial charge in [-0.25, -0.2) is 4.79 Å². The highest BCUT2D eigenvalue weighted by atomic mass is 16.6. The first-order valence-corrected chi connectivity index (χ1v) is 6.87. The summed E-state index contributed by atoms with van der Waals surface area (Å²) in [5.74, 6) is -1.61. The van der Waals surface area contributed by atoms with Crippen LogP contribution in [0.4, 0.5) is 10.5 Å². The first-order valence-electron chi connectivity index (χ1n) is 6.87. The van der Waals surface area contributed by atoms with Crippen molar-refractivity contribution >= 4 is 17.7 Å². The standard InChI is InChI=1S/C15H22N2O5/c1-15(2,3)22-14(21)17-10-4-5-11(12(18)7-10)9(8-16)6-13(19)20/h4-5,7,9,18H,6,8,16H2,1-3H3,(H,17,21)(H,19,20). The van der Waals surface area contributed by atoms with Crippen molar-refractivity contribution in [3.05, 3.63) is 23.8 Å². The summed E-state index contributed by atoms with van der Waals surface area (Å²) in [5.41, 5.74) is 5.70. The predicted molar refractivity (Wildman–Crippen MR) is 82.0 cm³/mol. The van der Waals surface area contributed by atoms with Crippen molar-refractivity contribution in [2.24, 2.45) is 5.73 Å². The number of anilines is 1. The second-order valence-electron chi connectivity index (χ2n) is 5.93. The Morgan fingerprint density at radius 2 is 2.00 bits per heavy atom. The van der Waals surface area contributed by atoms with Gasteiger partial charge in [0.2, 0.25) is 0 Å². The molecule has 0 aliphatic carbocycles. The van der Waals surface area contributed by atoms with Crippen LogP contribution in [0.3, 0.4) is 0 Å². The van der Waals surface area contributed by atoms with E-state index in [0.717, 1.165) is 0 Å². The number of amides is 1. The van der Waals surface area contributed by atoms with Crippen LogP contribution in [0.25, 0.3) is 0 Å². The van der Waals surface area contributed by atoms with Gasteiger partial charge in [0, 0.05) is 17.7 Å². The number of phenols is 1. The average molecular weight is 310 g/mol. The molecule has 22 heavy (non-hydrogen) atoms. The number of hydrogen-bond donors (Lipinski definition) is 4. The highest BCUT2D eigenvalue weighted by Gasteiger charge is 2.19. The number of ether oxygens (including phenoxy) is 1. The summed E-state index contributed by atoms with van der Waals surface area (Å²) < 4.78 is 5.10. The monoisotopic (exact) mass is 310 g/mol. The minimum Gasteiger partial charge on any atom is -0.508 e. The van der Waals surface area contributed by atoms with Crippen LogP contribution in [0.15, 0.2) is 18.2 Å². The summed E-state index contributed by atoms with van der Waals surface area (Å²) in [6.45, 7) is 5.32. The topological polar surface area (TPSA) is 122 Å². The Hall–Kier alpha value is -2.28. The van der Waals surface area contributed by atoms with Gasteiger partial charge in [-0.15, -0.1) is 0 Å². The SMILES string of the molecule is CC(C)(C)OC(=O)Nc1ccc(C(CN)CC(=O)O)c(O)c1. The molecule has 0 saturated heterocycles. The molecule has 122 valence electrons. The number of nitrogens with one attached hydrogen (secondary N) is 1. The zero-order chi connectivity index (χ0) is 16.9. The zero-order valence-electron chi connectivity index (χ0n) is 12.9. The van der Waals surface area contributed by atoms with Crippen molar-refractivity contribution in [3.63, 3.8) is 0 Å². The van der Waals surface area contributed by atoms with Gasteiger partial charge in [-0.3, -0.25) is 10.1 Å². The Kier molecular flexibility index (Phi) is 5.76. The Balaban J connectivity index is 2.85. The minimum atomic E-state index is -0.995. The van der Waals surface area contributed by atoms with Crippen LogP contribution in [0.2, 0.25) is 0 Å². The van der Waals surface area contributed by atoms with Crippen LogP contribution in [0.1, 0.15) is 38.7 Å². The molecule has 0 bridgehead atoms. The normalized spacial score (nSPS) is 12.5. The summed E-state index contributed by atoms with van der Waals surface area (Å²) in [5, 5.41) is 21.3. The number of carboxylic acids is 1. The van der Waals surface area contributed by atoms with Crippen LogP contribution in [0, 0.1) is 0 Å². The number of hydrogen-bond acceptors (Lipinski definition) is 5. The molecule has 1 atom stereocenters. The molecule has 0 aliphatic heterocycles. The van der Waals surface area contributed by atoms with Crippen LogP contribution in [-0.2, 0) is 9.53 Å². The molecule has 1 rings (SSSR count). The molecule has 0 fully saturated rings. The summed E-state index contributed by atoms with van der Waals surface area (Å²) in [4.78, 5) is 22.4. The van der Waals surface area contributed by atoms with E-state index >= 15 is 0 Å². The molecular weight excluding hydrogens is 288 g/mol. The number of carbonyl (C=O) groups is 2. The van der Waals surface area contributed by atoms with Crippen LogP contribution in [-0.4, -0.2) is 34.4 Å².